The number of morpholine rings is 1. The summed E-state index contributed by atoms with van der Waals surface area (Å²) < 4.78 is 10.5. The first-order valence-electron chi connectivity index (χ1n) is 10.3. The van der Waals surface area contributed by atoms with Gasteiger partial charge in [0.2, 0.25) is 5.27 Å². The molecule has 0 atom stereocenters. The highest BCUT2D eigenvalue weighted by atomic mass is 32.1. The number of thiophene rings is 1. The summed E-state index contributed by atoms with van der Waals surface area (Å²) in [5.41, 5.74) is 14.5. The molecule has 1 saturated heterocycles. The van der Waals surface area contributed by atoms with Crippen molar-refractivity contribution in [1.29, 1.82) is 5.26 Å². The highest BCUT2D eigenvalue weighted by molar-refractivity contribution is 7.21. The van der Waals surface area contributed by atoms with Crippen molar-refractivity contribution in [2.75, 3.05) is 42.8 Å². The molecular weight excluding hydrogens is 458 g/mol. The lowest BCUT2D eigenvalue weighted by Gasteiger charge is -2.18. The molecular formula is C21H19N9O3S. The Balaban J connectivity index is 1.60. The van der Waals surface area contributed by atoms with Gasteiger partial charge in [0, 0.05) is 22.5 Å². The molecule has 4 aromatic heterocycles. The summed E-state index contributed by atoms with van der Waals surface area (Å²) in [5, 5.41) is 29.0. The third kappa shape index (κ3) is 3.74. The molecule has 0 spiro atoms. The highest BCUT2D eigenvalue weighted by Gasteiger charge is 2.24. The van der Waals surface area contributed by atoms with E-state index in [-0.39, 0.29) is 27.8 Å². The van der Waals surface area contributed by atoms with Gasteiger partial charge in [0.1, 0.15) is 22.3 Å². The quantitative estimate of drug-likeness (QED) is 0.237. The van der Waals surface area contributed by atoms with E-state index in [1.807, 2.05) is 24.1 Å². The number of ether oxygens (including phenoxy) is 1. The number of aryl methyl sites for hydroxylation is 1. The zero-order valence-corrected chi connectivity index (χ0v) is 18.9. The van der Waals surface area contributed by atoms with Gasteiger partial charge in [0.25, 0.3) is 6.20 Å². The van der Waals surface area contributed by atoms with Crippen molar-refractivity contribution in [2.45, 2.75) is 6.92 Å². The Hall–Kier alpha value is -4.28. The predicted molar refractivity (Wildman–Crippen MR) is 123 cm³/mol. The van der Waals surface area contributed by atoms with Crippen molar-refractivity contribution >= 4 is 44.8 Å². The van der Waals surface area contributed by atoms with Crippen LogP contribution in [0.2, 0.25) is 0 Å². The summed E-state index contributed by atoms with van der Waals surface area (Å²) in [6, 6.07) is 7.50. The number of nitrogen functional groups attached to an aromatic ring is 2. The molecule has 5 heterocycles. The fourth-order valence-corrected chi connectivity index (χ4v) is 4.70. The molecule has 34 heavy (non-hydrogen) atoms. The first-order chi connectivity index (χ1) is 16.5. The van der Waals surface area contributed by atoms with Crippen LogP contribution in [-0.4, -0.2) is 47.4 Å². The van der Waals surface area contributed by atoms with Gasteiger partial charge < -0.3 is 21.3 Å². The molecule has 1 aliphatic rings. The second-order valence-electron chi connectivity index (χ2n) is 7.49. The van der Waals surface area contributed by atoms with E-state index in [9.17, 15) is 10.4 Å². The first kappa shape index (κ1) is 21.6. The summed E-state index contributed by atoms with van der Waals surface area (Å²) in [6.07, 6.45) is 1.51. The maximum atomic E-state index is 13.0. The van der Waals surface area contributed by atoms with Gasteiger partial charge in [-0.1, -0.05) is 6.07 Å². The van der Waals surface area contributed by atoms with Crippen LogP contribution < -0.4 is 26.4 Å². The number of rotatable bonds is 4. The fraction of sp³-hybridized carbons (Fsp3) is 0.238. The standard InChI is InChI=1S/C21H19N9O3S/c1-11-3-2-4-13(25-11)15-12(9-22)19(24)27-21-16(15)17(23)18(34-21)20(31)26-14-10-30(28-33-14)29-5-7-32-8-6-29/h2-4,10H,5-8H2,1H3,(H4-,23,24,26,27,28,31). The fourth-order valence-electron chi connectivity index (χ4n) is 3.70. The van der Waals surface area contributed by atoms with E-state index in [2.05, 4.69) is 26.3 Å². The smallest absolute Gasteiger partial charge is 0.324 e. The molecule has 0 unspecified atom stereocenters. The lowest BCUT2D eigenvalue weighted by Crippen LogP contribution is -2.62. The van der Waals surface area contributed by atoms with Crippen molar-refractivity contribution in [1.82, 2.24) is 15.2 Å². The summed E-state index contributed by atoms with van der Waals surface area (Å²) >= 11 is 1.04. The number of aromatic nitrogens is 4. The summed E-state index contributed by atoms with van der Waals surface area (Å²) in [6.45, 7) is 4.25. The maximum absolute atomic E-state index is 13.0. The van der Waals surface area contributed by atoms with Crippen molar-refractivity contribution in [3.63, 3.8) is 0 Å². The van der Waals surface area contributed by atoms with E-state index in [0.29, 0.717) is 47.8 Å². The Bertz CT molecular complexity index is 1460. The monoisotopic (exact) mass is 477 g/mol. The number of nitrogens with zero attached hydrogens (tertiary/aromatic N) is 7. The van der Waals surface area contributed by atoms with Gasteiger partial charge in [-0.15, -0.1) is 16.3 Å². The predicted octanol–water partition coefficient (Wildman–Crippen LogP) is 0.385. The van der Waals surface area contributed by atoms with Crippen molar-refractivity contribution in [2.24, 2.45) is 4.99 Å². The second-order valence-corrected chi connectivity index (χ2v) is 8.49. The molecule has 4 aromatic rings. The Kier molecular flexibility index (Phi) is 5.44. The van der Waals surface area contributed by atoms with Crippen molar-refractivity contribution in [3.05, 3.63) is 40.5 Å². The van der Waals surface area contributed by atoms with Crippen LogP contribution in [0.25, 0.3) is 21.5 Å². The molecule has 0 saturated carbocycles. The zero-order valence-electron chi connectivity index (χ0n) is 18.1. The Morgan fingerprint density at radius 3 is 2.82 bits per heavy atom. The van der Waals surface area contributed by atoms with Crippen LogP contribution in [0.5, 0.6) is 0 Å². The third-order valence-electron chi connectivity index (χ3n) is 5.29. The second kappa shape index (κ2) is 8.58. The van der Waals surface area contributed by atoms with Crippen LogP contribution >= 0.6 is 11.3 Å². The average molecular weight is 478 g/mol. The molecule has 0 radical (unpaired) electrons. The van der Waals surface area contributed by atoms with Crippen LogP contribution in [0, 0.1) is 18.3 Å². The molecule has 12 nitrogen and oxygen atoms in total. The van der Waals surface area contributed by atoms with Gasteiger partial charge in [-0.2, -0.15) is 5.26 Å². The number of pyridine rings is 2. The van der Waals surface area contributed by atoms with Crippen LogP contribution in [0.15, 0.2) is 33.9 Å². The summed E-state index contributed by atoms with van der Waals surface area (Å²) in [4.78, 5) is 14.9. The SMILES string of the molecule is Cc1cccc(-c2c(C#N)c(N)nc3sc(/C([O-])=N/c4c[n+](N5CCOCC5)no4)c(N)c23)n1. The van der Waals surface area contributed by atoms with Gasteiger partial charge in [0.05, 0.1) is 47.4 Å². The van der Waals surface area contributed by atoms with Gasteiger partial charge in [-0.3, -0.25) is 9.51 Å². The number of anilines is 2. The molecule has 0 aromatic carbocycles. The third-order valence-corrected chi connectivity index (χ3v) is 6.38. The molecule has 0 bridgehead atoms. The number of nitrogens with two attached hydrogens (primary N) is 2. The van der Waals surface area contributed by atoms with Crippen molar-refractivity contribution in [3.8, 4) is 17.3 Å². The van der Waals surface area contributed by atoms with Crippen LogP contribution in [0.3, 0.4) is 0 Å². The number of hydrogen-bond acceptors (Lipinski definition) is 12. The minimum Gasteiger partial charge on any atom is -0.857 e. The maximum Gasteiger partial charge on any atom is 0.324 e. The molecule has 13 heteroatoms. The lowest BCUT2D eigenvalue weighted by atomic mass is 10.0. The van der Waals surface area contributed by atoms with E-state index in [0.717, 1.165) is 17.0 Å². The minimum absolute atomic E-state index is 0.0270. The van der Waals surface area contributed by atoms with Gasteiger partial charge >= 0.3 is 5.88 Å². The van der Waals surface area contributed by atoms with E-state index in [1.54, 1.807) is 6.07 Å². The molecule has 1 fully saturated rings. The summed E-state index contributed by atoms with van der Waals surface area (Å²) in [5.74, 6) is -0.558. The Morgan fingerprint density at radius 2 is 2.09 bits per heavy atom. The average Bonchev–Trinajstić information content (AvgIpc) is 3.43. The molecule has 5 rings (SSSR count). The topological polar surface area (TPSA) is 179 Å². The zero-order chi connectivity index (χ0) is 23.8. The highest BCUT2D eigenvalue weighted by Crippen LogP contribution is 2.42. The van der Waals surface area contributed by atoms with Gasteiger partial charge in [0.15, 0.2) is 0 Å². The van der Waals surface area contributed by atoms with E-state index in [1.165, 1.54) is 11.0 Å². The lowest BCUT2D eigenvalue weighted by molar-refractivity contribution is -0.759. The van der Waals surface area contributed by atoms with Crippen LogP contribution in [0.4, 0.5) is 17.4 Å². The minimum atomic E-state index is -0.619. The number of fused-ring (bicyclic) bond motifs is 1. The van der Waals surface area contributed by atoms with E-state index in [4.69, 9.17) is 20.7 Å². The first-order valence-corrected chi connectivity index (χ1v) is 11.1. The largest absolute Gasteiger partial charge is 0.857 e. The van der Waals surface area contributed by atoms with E-state index < -0.39 is 5.90 Å². The summed E-state index contributed by atoms with van der Waals surface area (Å²) in [7, 11) is 0. The molecule has 1 aliphatic heterocycles. The molecule has 0 amide bonds. The van der Waals surface area contributed by atoms with Crippen molar-refractivity contribution < 1.29 is 19.2 Å². The molecule has 4 N–H and O–H groups in total. The Labute approximate surface area is 197 Å². The van der Waals surface area contributed by atoms with E-state index >= 15 is 0 Å². The van der Waals surface area contributed by atoms with Gasteiger partial charge in [-0.05, 0) is 19.1 Å². The van der Waals surface area contributed by atoms with Crippen LogP contribution in [0.1, 0.15) is 16.1 Å². The number of aliphatic imine (C=N–C) groups is 1. The number of nitriles is 1. The van der Waals surface area contributed by atoms with Gasteiger partial charge in [-0.25, -0.2) is 9.98 Å². The Morgan fingerprint density at radius 1 is 1.29 bits per heavy atom. The van der Waals surface area contributed by atoms with Crippen LogP contribution in [-0.2, 0) is 4.74 Å². The number of hydrogen-bond donors (Lipinski definition) is 2. The normalized spacial score (nSPS) is 14.5. The molecule has 0 aliphatic carbocycles. The molecule has 172 valence electrons.